The summed E-state index contributed by atoms with van der Waals surface area (Å²) in [7, 11) is 1.59. The van der Waals surface area contributed by atoms with Crippen molar-refractivity contribution in [2.75, 3.05) is 13.7 Å². The quantitative estimate of drug-likeness (QED) is 0.631. The molecule has 0 unspecified atom stereocenters. The van der Waals surface area contributed by atoms with Crippen LogP contribution in [0.1, 0.15) is 24.5 Å². The second-order valence-electron chi connectivity index (χ2n) is 3.58. The number of methoxy groups -OCH3 is 1. The highest BCUT2D eigenvalue weighted by atomic mass is 16.5. The Hall–Kier alpha value is -2.02. The summed E-state index contributed by atoms with van der Waals surface area (Å²) in [6.45, 7) is 3.99. The highest BCUT2D eigenvalue weighted by molar-refractivity contribution is 5.72. The molecule has 1 amide bonds. The molecule has 17 heavy (non-hydrogen) atoms. The summed E-state index contributed by atoms with van der Waals surface area (Å²) < 4.78 is 5.06. The molecule has 0 aliphatic rings. The third kappa shape index (κ3) is 4.56. The van der Waals surface area contributed by atoms with E-state index in [1.54, 1.807) is 13.3 Å². The number of carbonyl (C=O) groups excluding carboxylic acids is 1. The fourth-order valence-electron chi connectivity index (χ4n) is 1.31. The van der Waals surface area contributed by atoms with Gasteiger partial charge in [0.2, 0.25) is 11.8 Å². The molecule has 0 spiro atoms. The minimum absolute atomic E-state index is 0.0336. The van der Waals surface area contributed by atoms with Crippen molar-refractivity contribution >= 4 is 5.91 Å². The second-order valence-corrected chi connectivity index (χ2v) is 3.58. The van der Waals surface area contributed by atoms with E-state index < -0.39 is 0 Å². The number of nitrogens with zero attached hydrogens (tertiary/aromatic N) is 1. The van der Waals surface area contributed by atoms with Gasteiger partial charge >= 0.3 is 0 Å². The van der Waals surface area contributed by atoms with Gasteiger partial charge in [-0.1, -0.05) is 11.8 Å². The number of hydrogen-bond acceptors (Lipinski definition) is 3. The Balaban J connectivity index is 2.54. The van der Waals surface area contributed by atoms with Crippen LogP contribution in [0.3, 0.4) is 0 Å². The fraction of sp³-hybridized carbons (Fsp3) is 0.385. The normalized spacial score (nSPS) is 9.12. The van der Waals surface area contributed by atoms with E-state index in [0.717, 1.165) is 11.1 Å². The van der Waals surface area contributed by atoms with Gasteiger partial charge in [-0.3, -0.25) is 4.79 Å². The number of aryl methyl sites for hydroxylation is 1. The topological polar surface area (TPSA) is 51.2 Å². The molecular weight excluding hydrogens is 216 g/mol. The van der Waals surface area contributed by atoms with Gasteiger partial charge in [-0.05, 0) is 13.0 Å². The SMILES string of the molecule is COc1ncc(C#CCCNC(C)=O)cc1C. The second kappa shape index (κ2) is 6.54. The molecule has 0 aromatic carbocycles. The van der Waals surface area contributed by atoms with Gasteiger partial charge in [0, 0.05) is 37.2 Å². The van der Waals surface area contributed by atoms with Gasteiger partial charge in [0.1, 0.15) is 0 Å². The van der Waals surface area contributed by atoms with Crippen LogP contribution in [0.25, 0.3) is 0 Å². The van der Waals surface area contributed by atoms with Crippen LogP contribution >= 0.6 is 0 Å². The summed E-state index contributed by atoms with van der Waals surface area (Å²) >= 11 is 0. The summed E-state index contributed by atoms with van der Waals surface area (Å²) in [5.74, 6) is 6.55. The standard InChI is InChI=1S/C13H16N2O2/c1-10-8-12(9-15-13(10)17-3)6-4-5-7-14-11(2)16/h8-9H,5,7H2,1-3H3,(H,14,16). The molecule has 1 aromatic rings. The number of amides is 1. The highest BCUT2D eigenvalue weighted by Crippen LogP contribution is 2.13. The van der Waals surface area contributed by atoms with E-state index in [1.165, 1.54) is 6.92 Å². The van der Waals surface area contributed by atoms with Crippen LogP contribution in [0.5, 0.6) is 5.88 Å². The Labute approximate surface area is 101 Å². The summed E-state index contributed by atoms with van der Waals surface area (Å²) in [6, 6.07) is 1.93. The van der Waals surface area contributed by atoms with Gasteiger partial charge < -0.3 is 10.1 Å². The Morgan fingerprint density at radius 2 is 2.35 bits per heavy atom. The van der Waals surface area contributed by atoms with Crippen LogP contribution in [0, 0.1) is 18.8 Å². The first kappa shape index (κ1) is 13.0. The molecule has 0 saturated heterocycles. The maximum atomic E-state index is 10.6. The maximum Gasteiger partial charge on any atom is 0.216 e. The third-order valence-corrected chi connectivity index (χ3v) is 2.08. The molecule has 4 heteroatoms. The molecule has 0 aliphatic carbocycles. The van der Waals surface area contributed by atoms with Gasteiger partial charge in [-0.15, -0.1) is 0 Å². The smallest absolute Gasteiger partial charge is 0.216 e. The summed E-state index contributed by atoms with van der Waals surface area (Å²) in [5.41, 5.74) is 1.81. The van der Waals surface area contributed by atoms with Crippen LogP contribution in [0.2, 0.25) is 0 Å². The highest BCUT2D eigenvalue weighted by Gasteiger charge is 1.98. The number of carbonyl (C=O) groups is 1. The van der Waals surface area contributed by atoms with Crippen molar-refractivity contribution in [3.05, 3.63) is 23.4 Å². The number of nitrogens with one attached hydrogen (secondary N) is 1. The first-order chi connectivity index (χ1) is 8.13. The van der Waals surface area contributed by atoms with E-state index in [1.807, 2.05) is 13.0 Å². The predicted octanol–water partition coefficient (Wildman–Crippen LogP) is 1.28. The Morgan fingerprint density at radius 1 is 1.59 bits per heavy atom. The molecule has 0 fully saturated rings. The van der Waals surface area contributed by atoms with E-state index in [2.05, 4.69) is 22.1 Å². The minimum Gasteiger partial charge on any atom is -0.481 e. The van der Waals surface area contributed by atoms with Gasteiger partial charge in [-0.25, -0.2) is 4.98 Å². The van der Waals surface area contributed by atoms with Crippen molar-refractivity contribution in [1.29, 1.82) is 0 Å². The van der Waals surface area contributed by atoms with Crippen LogP contribution in [-0.4, -0.2) is 24.5 Å². The van der Waals surface area contributed by atoms with Gasteiger partial charge in [0.05, 0.1) is 7.11 Å². The fourth-order valence-corrected chi connectivity index (χ4v) is 1.31. The molecule has 0 atom stereocenters. The Bertz CT molecular complexity index is 458. The zero-order valence-corrected chi connectivity index (χ0v) is 10.3. The molecule has 90 valence electrons. The lowest BCUT2D eigenvalue weighted by Crippen LogP contribution is -2.20. The van der Waals surface area contributed by atoms with Crippen LogP contribution in [-0.2, 0) is 4.79 Å². The number of aromatic nitrogens is 1. The number of rotatable bonds is 3. The van der Waals surface area contributed by atoms with Crippen molar-refractivity contribution < 1.29 is 9.53 Å². The zero-order chi connectivity index (χ0) is 12.7. The van der Waals surface area contributed by atoms with Crippen LogP contribution in [0.15, 0.2) is 12.3 Å². The largest absolute Gasteiger partial charge is 0.481 e. The number of hydrogen-bond donors (Lipinski definition) is 1. The molecule has 0 aliphatic heterocycles. The molecule has 0 bridgehead atoms. The Kier molecular flexibility index (Phi) is 5.02. The molecule has 1 N–H and O–H groups in total. The van der Waals surface area contributed by atoms with E-state index in [-0.39, 0.29) is 5.91 Å². The van der Waals surface area contributed by atoms with Crippen LogP contribution in [0.4, 0.5) is 0 Å². The minimum atomic E-state index is -0.0336. The Morgan fingerprint density at radius 3 is 2.94 bits per heavy atom. The first-order valence-electron chi connectivity index (χ1n) is 5.37. The van der Waals surface area contributed by atoms with Crippen molar-refractivity contribution in [2.45, 2.75) is 20.3 Å². The van der Waals surface area contributed by atoms with Gasteiger partial charge in [0.25, 0.3) is 0 Å². The summed E-state index contributed by atoms with van der Waals surface area (Å²) in [4.78, 5) is 14.7. The number of pyridine rings is 1. The maximum absolute atomic E-state index is 10.6. The lowest BCUT2D eigenvalue weighted by Gasteiger charge is -2.02. The number of ether oxygens (including phenoxy) is 1. The van der Waals surface area contributed by atoms with Crippen LogP contribution < -0.4 is 10.1 Å². The molecule has 1 aromatic heterocycles. The molecule has 0 saturated carbocycles. The van der Waals surface area contributed by atoms with Crippen molar-refractivity contribution in [3.8, 4) is 17.7 Å². The molecule has 0 radical (unpaired) electrons. The zero-order valence-electron chi connectivity index (χ0n) is 10.3. The van der Waals surface area contributed by atoms with E-state index in [4.69, 9.17) is 4.74 Å². The van der Waals surface area contributed by atoms with Crippen molar-refractivity contribution in [1.82, 2.24) is 10.3 Å². The summed E-state index contributed by atoms with van der Waals surface area (Å²) in [5, 5.41) is 2.68. The molecule has 4 nitrogen and oxygen atoms in total. The first-order valence-corrected chi connectivity index (χ1v) is 5.37. The summed E-state index contributed by atoms with van der Waals surface area (Å²) in [6.07, 6.45) is 2.31. The van der Waals surface area contributed by atoms with Crippen molar-refractivity contribution in [3.63, 3.8) is 0 Å². The molecule has 1 rings (SSSR count). The van der Waals surface area contributed by atoms with E-state index in [9.17, 15) is 4.79 Å². The third-order valence-electron chi connectivity index (χ3n) is 2.08. The van der Waals surface area contributed by atoms with Gasteiger partial charge in [0.15, 0.2) is 0 Å². The van der Waals surface area contributed by atoms with E-state index in [0.29, 0.717) is 18.8 Å². The van der Waals surface area contributed by atoms with Crippen molar-refractivity contribution in [2.24, 2.45) is 0 Å². The average molecular weight is 232 g/mol. The lowest BCUT2D eigenvalue weighted by molar-refractivity contribution is -0.118. The van der Waals surface area contributed by atoms with Gasteiger partial charge in [-0.2, -0.15) is 0 Å². The predicted molar refractivity (Wildman–Crippen MR) is 65.7 cm³/mol. The monoisotopic (exact) mass is 232 g/mol. The lowest BCUT2D eigenvalue weighted by atomic mass is 10.2. The average Bonchev–Trinajstić information content (AvgIpc) is 2.28. The molecular formula is C13H16N2O2. The molecule has 1 heterocycles. The van der Waals surface area contributed by atoms with E-state index >= 15 is 0 Å².